The maximum atomic E-state index is 12.7. The molecule has 0 aliphatic rings. The zero-order valence-electron chi connectivity index (χ0n) is 18.3. The van der Waals surface area contributed by atoms with Gasteiger partial charge < -0.3 is 19.2 Å². The highest BCUT2D eigenvalue weighted by Gasteiger charge is 2.21. The quantitative estimate of drug-likeness (QED) is 0.319. The van der Waals surface area contributed by atoms with E-state index in [-0.39, 0.29) is 35.0 Å². The number of esters is 2. The van der Waals surface area contributed by atoms with Gasteiger partial charge in [0.05, 0.1) is 12.0 Å². The summed E-state index contributed by atoms with van der Waals surface area (Å²) in [6, 6.07) is 10.3. The molecule has 172 valence electrons. The van der Waals surface area contributed by atoms with Crippen molar-refractivity contribution < 1.29 is 28.3 Å². The molecule has 3 rings (SSSR count). The average Bonchev–Trinajstić information content (AvgIpc) is 2.74. The van der Waals surface area contributed by atoms with Crippen LogP contribution in [0.1, 0.15) is 30.5 Å². The molecular weight excluding hydrogens is 450 g/mol. The van der Waals surface area contributed by atoms with Crippen LogP contribution in [-0.2, 0) is 27.2 Å². The van der Waals surface area contributed by atoms with Gasteiger partial charge in [-0.25, -0.2) is 4.79 Å². The van der Waals surface area contributed by atoms with Crippen molar-refractivity contribution in [2.45, 2.75) is 33.6 Å². The second kappa shape index (κ2) is 10.3. The van der Waals surface area contributed by atoms with E-state index < -0.39 is 17.6 Å². The average molecular weight is 472 g/mol. The summed E-state index contributed by atoms with van der Waals surface area (Å²) in [4.78, 5) is 48.1. The predicted octanol–water partition coefficient (Wildman–Crippen LogP) is 3.51. The Labute approximate surface area is 194 Å². The number of rotatable bonds is 7. The van der Waals surface area contributed by atoms with Gasteiger partial charge in [0.15, 0.2) is 11.3 Å². The van der Waals surface area contributed by atoms with Gasteiger partial charge in [0.1, 0.15) is 0 Å². The largest absolute Gasteiger partial charge is 0.423 e. The molecule has 0 saturated carbocycles. The second-order valence-electron chi connectivity index (χ2n) is 7.35. The fourth-order valence-corrected chi connectivity index (χ4v) is 3.44. The van der Waals surface area contributed by atoms with Gasteiger partial charge in [0.25, 0.3) is 0 Å². The summed E-state index contributed by atoms with van der Waals surface area (Å²) in [5.41, 5.74) is 0.902. The van der Waals surface area contributed by atoms with Gasteiger partial charge in [0.2, 0.25) is 11.7 Å². The SMILES string of the molecule is CC(=O)Oc1ccc2c(C)c(CC(=O)NCCc3ccc(Cl)cc3)c(=O)oc2c1OC(C)=O. The molecule has 9 heteroatoms. The predicted molar refractivity (Wildman–Crippen MR) is 122 cm³/mol. The van der Waals surface area contributed by atoms with Crippen LogP contribution < -0.4 is 20.4 Å². The molecule has 8 nitrogen and oxygen atoms in total. The van der Waals surface area contributed by atoms with E-state index in [0.29, 0.717) is 28.9 Å². The molecule has 0 aliphatic heterocycles. The smallest absolute Gasteiger partial charge is 0.340 e. The minimum Gasteiger partial charge on any atom is -0.423 e. The number of nitrogens with one attached hydrogen (secondary N) is 1. The first-order chi connectivity index (χ1) is 15.7. The van der Waals surface area contributed by atoms with Gasteiger partial charge in [-0.05, 0) is 48.7 Å². The van der Waals surface area contributed by atoms with Crippen LogP contribution in [0.2, 0.25) is 5.02 Å². The van der Waals surface area contributed by atoms with Crippen molar-refractivity contribution in [1.29, 1.82) is 0 Å². The molecule has 3 aromatic rings. The first-order valence-electron chi connectivity index (χ1n) is 10.1. The maximum absolute atomic E-state index is 12.7. The summed E-state index contributed by atoms with van der Waals surface area (Å²) in [5.74, 6) is -1.88. The molecule has 0 bridgehead atoms. The molecule has 0 saturated heterocycles. The Kier molecular flexibility index (Phi) is 7.50. The van der Waals surface area contributed by atoms with Gasteiger partial charge in [-0.1, -0.05) is 23.7 Å². The summed E-state index contributed by atoms with van der Waals surface area (Å²) in [7, 11) is 0. The van der Waals surface area contributed by atoms with Gasteiger partial charge >= 0.3 is 17.6 Å². The molecule has 0 atom stereocenters. The Balaban J connectivity index is 1.84. The van der Waals surface area contributed by atoms with Gasteiger partial charge in [-0.3, -0.25) is 14.4 Å². The summed E-state index contributed by atoms with van der Waals surface area (Å²) in [6.45, 7) is 4.42. The zero-order chi connectivity index (χ0) is 24.1. The lowest BCUT2D eigenvalue weighted by atomic mass is 10.0. The van der Waals surface area contributed by atoms with Crippen LogP contribution in [0.3, 0.4) is 0 Å². The van der Waals surface area contributed by atoms with Crippen molar-refractivity contribution in [3.8, 4) is 11.5 Å². The Hall–Kier alpha value is -3.65. The van der Waals surface area contributed by atoms with E-state index in [1.165, 1.54) is 19.9 Å². The monoisotopic (exact) mass is 471 g/mol. The fraction of sp³-hybridized carbons (Fsp3) is 0.250. The van der Waals surface area contributed by atoms with Gasteiger partial charge in [0, 0.05) is 30.8 Å². The van der Waals surface area contributed by atoms with E-state index in [0.717, 1.165) is 5.56 Å². The van der Waals surface area contributed by atoms with Crippen LogP contribution in [-0.4, -0.2) is 24.4 Å². The number of aryl methyl sites for hydroxylation is 1. The topological polar surface area (TPSA) is 112 Å². The summed E-state index contributed by atoms with van der Waals surface area (Å²) < 4.78 is 15.6. The molecule has 0 spiro atoms. The molecule has 0 aliphatic carbocycles. The minimum absolute atomic E-state index is 0.0432. The molecule has 33 heavy (non-hydrogen) atoms. The highest BCUT2D eigenvalue weighted by molar-refractivity contribution is 6.30. The van der Waals surface area contributed by atoms with E-state index in [2.05, 4.69) is 5.32 Å². The molecule has 0 radical (unpaired) electrons. The second-order valence-corrected chi connectivity index (χ2v) is 7.79. The lowest BCUT2D eigenvalue weighted by molar-refractivity contribution is -0.134. The Morgan fingerprint density at radius 3 is 2.30 bits per heavy atom. The first-order valence-corrected chi connectivity index (χ1v) is 10.5. The minimum atomic E-state index is -0.749. The number of hydrogen-bond acceptors (Lipinski definition) is 7. The lowest BCUT2D eigenvalue weighted by Gasteiger charge is -2.13. The van der Waals surface area contributed by atoms with Crippen LogP contribution in [0.25, 0.3) is 11.0 Å². The fourth-order valence-electron chi connectivity index (χ4n) is 3.31. The Morgan fingerprint density at radius 2 is 1.67 bits per heavy atom. The number of carbonyl (C=O) groups is 3. The van der Waals surface area contributed by atoms with Crippen molar-refractivity contribution in [3.05, 3.63) is 68.5 Å². The van der Waals surface area contributed by atoms with E-state index in [9.17, 15) is 19.2 Å². The highest BCUT2D eigenvalue weighted by atomic mass is 35.5. The van der Waals surface area contributed by atoms with Gasteiger partial charge in [-0.2, -0.15) is 0 Å². The van der Waals surface area contributed by atoms with Crippen molar-refractivity contribution >= 4 is 40.4 Å². The number of benzene rings is 2. The normalized spacial score (nSPS) is 10.7. The summed E-state index contributed by atoms with van der Waals surface area (Å²) in [6.07, 6.45) is 0.429. The number of halogens is 1. The van der Waals surface area contributed by atoms with Crippen LogP contribution in [0.5, 0.6) is 11.5 Å². The molecule has 1 N–H and O–H groups in total. The molecule has 1 heterocycles. The zero-order valence-corrected chi connectivity index (χ0v) is 19.1. The third-order valence-electron chi connectivity index (χ3n) is 4.86. The van der Waals surface area contributed by atoms with E-state index in [1.54, 1.807) is 25.1 Å². The van der Waals surface area contributed by atoms with Crippen molar-refractivity contribution in [1.82, 2.24) is 5.32 Å². The van der Waals surface area contributed by atoms with Gasteiger partial charge in [-0.15, -0.1) is 0 Å². The van der Waals surface area contributed by atoms with Crippen molar-refractivity contribution in [2.24, 2.45) is 0 Å². The molecule has 1 aromatic heterocycles. The van der Waals surface area contributed by atoms with Crippen LogP contribution in [0.4, 0.5) is 0 Å². The number of ether oxygens (including phenoxy) is 2. The highest BCUT2D eigenvalue weighted by Crippen LogP contribution is 2.37. The first kappa shape index (κ1) is 24.0. The third-order valence-corrected chi connectivity index (χ3v) is 5.11. The summed E-state index contributed by atoms with van der Waals surface area (Å²) >= 11 is 5.87. The number of amides is 1. The van der Waals surface area contributed by atoms with E-state index in [1.807, 2.05) is 12.1 Å². The number of fused-ring (bicyclic) bond motifs is 1. The molecule has 1 amide bonds. The number of carbonyl (C=O) groups excluding carboxylic acids is 3. The molecule has 2 aromatic carbocycles. The Morgan fingerprint density at radius 1 is 1.00 bits per heavy atom. The molecular formula is C24H22ClNO7. The Bertz CT molecular complexity index is 1280. The maximum Gasteiger partial charge on any atom is 0.340 e. The van der Waals surface area contributed by atoms with Crippen LogP contribution in [0, 0.1) is 6.92 Å². The summed E-state index contributed by atoms with van der Waals surface area (Å²) in [5, 5.41) is 3.87. The lowest BCUT2D eigenvalue weighted by Crippen LogP contribution is -2.29. The van der Waals surface area contributed by atoms with Crippen LogP contribution >= 0.6 is 11.6 Å². The molecule has 0 unspecified atom stereocenters. The van der Waals surface area contributed by atoms with Crippen molar-refractivity contribution in [3.63, 3.8) is 0 Å². The number of hydrogen-bond donors (Lipinski definition) is 1. The van der Waals surface area contributed by atoms with E-state index >= 15 is 0 Å². The van der Waals surface area contributed by atoms with Crippen LogP contribution in [0.15, 0.2) is 45.6 Å². The standard InChI is InChI=1S/C24H22ClNO7/c1-13-18-8-9-20(31-14(2)27)23(32-15(3)28)22(18)33-24(30)19(13)12-21(29)26-11-10-16-4-6-17(25)7-5-16/h4-9H,10-12H2,1-3H3,(H,26,29). The van der Waals surface area contributed by atoms with E-state index in [4.69, 9.17) is 25.5 Å². The van der Waals surface area contributed by atoms with Crippen molar-refractivity contribution in [2.75, 3.05) is 6.54 Å². The molecule has 0 fully saturated rings. The third kappa shape index (κ3) is 5.98.